The highest BCUT2D eigenvalue weighted by Crippen LogP contribution is 2.37. The van der Waals surface area contributed by atoms with Gasteiger partial charge in [-0.3, -0.25) is 10.1 Å². The third-order valence-electron chi connectivity index (χ3n) is 2.86. The van der Waals surface area contributed by atoms with Crippen molar-refractivity contribution in [3.8, 4) is 17.2 Å². The molecule has 0 saturated carbocycles. The molecular weight excluding hydrogens is 296 g/mol. The molecule has 7 heteroatoms. The van der Waals surface area contributed by atoms with Crippen molar-refractivity contribution in [2.24, 2.45) is 5.73 Å². The number of hydrogen-bond acceptors (Lipinski definition) is 5. The van der Waals surface area contributed by atoms with E-state index in [1.54, 1.807) is 18.2 Å². The molecule has 21 heavy (non-hydrogen) atoms. The largest absolute Gasteiger partial charge is 0.493 e. The molecule has 0 aliphatic heterocycles. The third-order valence-corrected chi connectivity index (χ3v) is 3.21. The number of non-ortho nitro benzene ring substituents is 1. The second-order valence-electron chi connectivity index (χ2n) is 4.11. The van der Waals surface area contributed by atoms with Gasteiger partial charge < -0.3 is 15.2 Å². The van der Waals surface area contributed by atoms with Crippen molar-refractivity contribution in [1.29, 1.82) is 0 Å². The number of halogens is 1. The maximum absolute atomic E-state index is 10.9. The first-order valence-electron chi connectivity index (χ1n) is 6.04. The zero-order chi connectivity index (χ0) is 15.4. The Morgan fingerprint density at radius 2 is 2.00 bits per heavy atom. The molecule has 110 valence electrons. The first-order chi connectivity index (χ1) is 10.1. The van der Waals surface area contributed by atoms with Crippen molar-refractivity contribution in [3.63, 3.8) is 0 Å². The van der Waals surface area contributed by atoms with Gasteiger partial charge in [-0.2, -0.15) is 0 Å². The monoisotopic (exact) mass is 308 g/mol. The molecule has 0 unspecified atom stereocenters. The van der Waals surface area contributed by atoms with Crippen molar-refractivity contribution in [2.75, 3.05) is 7.11 Å². The summed E-state index contributed by atoms with van der Waals surface area (Å²) in [5.41, 5.74) is 6.17. The van der Waals surface area contributed by atoms with Gasteiger partial charge in [-0.15, -0.1) is 0 Å². The molecule has 2 rings (SSSR count). The quantitative estimate of drug-likeness (QED) is 0.674. The van der Waals surface area contributed by atoms with Crippen molar-refractivity contribution in [1.82, 2.24) is 0 Å². The highest BCUT2D eigenvalue weighted by atomic mass is 35.5. The maximum Gasteiger partial charge on any atom is 0.273 e. The van der Waals surface area contributed by atoms with E-state index in [-0.39, 0.29) is 18.0 Å². The van der Waals surface area contributed by atoms with Crippen LogP contribution in [0.15, 0.2) is 36.4 Å². The number of benzene rings is 2. The normalized spacial score (nSPS) is 10.2. The van der Waals surface area contributed by atoms with Crippen molar-refractivity contribution in [3.05, 3.63) is 57.1 Å². The van der Waals surface area contributed by atoms with Crippen LogP contribution in [-0.2, 0) is 6.54 Å². The molecule has 0 aliphatic carbocycles. The second-order valence-corrected chi connectivity index (χ2v) is 4.52. The fraction of sp³-hybridized carbons (Fsp3) is 0.143. The molecule has 2 aromatic rings. The summed E-state index contributed by atoms with van der Waals surface area (Å²) in [5, 5.41) is 11.3. The number of nitro groups is 1. The summed E-state index contributed by atoms with van der Waals surface area (Å²) in [6.07, 6.45) is 0. The van der Waals surface area contributed by atoms with E-state index in [9.17, 15) is 10.1 Å². The molecule has 2 N–H and O–H groups in total. The number of rotatable bonds is 5. The fourth-order valence-corrected chi connectivity index (χ4v) is 2.05. The molecule has 2 aromatic carbocycles. The highest BCUT2D eigenvalue weighted by Gasteiger charge is 2.15. The van der Waals surface area contributed by atoms with E-state index in [2.05, 4.69) is 0 Å². The fourth-order valence-electron chi connectivity index (χ4n) is 1.81. The number of hydrogen-bond donors (Lipinski definition) is 1. The maximum atomic E-state index is 10.9. The summed E-state index contributed by atoms with van der Waals surface area (Å²) >= 11 is 6.05. The number of nitrogens with zero attached hydrogens (tertiary/aromatic N) is 1. The SMILES string of the molecule is COc1ccc([N+](=O)[O-])cc1Oc1cccc(Cl)c1CN. The topological polar surface area (TPSA) is 87.6 Å². The van der Waals surface area contributed by atoms with Crippen LogP contribution in [0.4, 0.5) is 5.69 Å². The van der Waals surface area contributed by atoms with Gasteiger partial charge in [-0.1, -0.05) is 17.7 Å². The van der Waals surface area contributed by atoms with Crippen LogP contribution >= 0.6 is 11.6 Å². The zero-order valence-corrected chi connectivity index (χ0v) is 12.0. The summed E-state index contributed by atoms with van der Waals surface area (Å²) in [6.45, 7) is 0.187. The number of ether oxygens (including phenoxy) is 2. The van der Waals surface area contributed by atoms with Gasteiger partial charge in [0.1, 0.15) is 5.75 Å². The van der Waals surface area contributed by atoms with Crippen molar-refractivity contribution in [2.45, 2.75) is 6.54 Å². The Labute approximate surface area is 126 Å². The van der Waals surface area contributed by atoms with Gasteiger partial charge in [0.15, 0.2) is 11.5 Å². The molecule has 0 fully saturated rings. The molecule has 0 saturated heterocycles. The minimum atomic E-state index is -0.506. The van der Waals surface area contributed by atoms with Crippen LogP contribution in [0.25, 0.3) is 0 Å². The predicted molar refractivity (Wildman–Crippen MR) is 79.1 cm³/mol. The van der Waals surface area contributed by atoms with Crippen LogP contribution < -0.4 is 15.2 Å². The summed E-state index contributed by atoms with van der Waals surface area (Å²) < 4.78 is 10.8. The van der Waals surface area contributed by atoms with E-state index < -0.39 is 4.92 Å². The number of methoxy groups -OCH3 is 1. The molecule has 0 amide bonds. The van der Waals surface area contributed by atoms with Gasteiger partial charge in [0.05, 0.1) is 18.1 Å². The van der Waals surface area contributed by atoms with E-state index >= 15 is 0 Å². The molecule has 6 nitrogen and oxygen atoms in total. The Morgan fingerprint density at radius 1 is 1.24 bits per heavy atom. The Hall–Kier alpha value is -2.31. The van der Waals surface area contributed by atoms with Crippen LogP contribution in [0.3, 0.4) is 0 Å². The minimum absolute atomic E-state index is 0.0953. The van der Waals surface area contributed by atoms with Crippen LogP contribution in [0.1, 0.15) is 5.56 Å². The van der Waals surface area contributed by atoms with Gasteiger partial charge in [0.2, 0.25) is 0 Å². The lowest BCUT2D eigenvalue weighted by Gasteiger charge is -2.13. The van der Waals surface area contributed by atoms with Gasteiger partial charge in [0.25, 0.3) is 5.69 Å². The molecular formula is C14H13ClN2O4. The number of nitrogens with two attached hydrogens (primary N) is 1. The third kappa shape index (κ3) is 3.24. The molecule has 0 bridgehead atoms. The molecule has 0 aliphatic rings. The van der Waals surface area contributed by atoms with Crippen molar-refractivity contribution >= 4 is 17.3 Å². The lowest BCUT2D eigenvalue weighted by atomic mass is 10.2. The van der Waals surface area contributed by atoms with Crippen molar-refractivity contribution < 1.29 is 14.4 Å². The van der Waals surface area contributed by atoms with E-state index in [1.165, 1.54) is 25.3 Å². The first kappa shape index (κ1) is 15.1. The van der Waals surface area contributed by atoms with Crippen LogP contribution in [0.5, 0.6) is 17.2 Å². The molecule has 0 radical (unpaired) electrons. The summed E-state index contributed by atoms with van der Waals surface area (Å²) in [4.78, 5) is 10.3. The van der Waals surface area contributed by atoms with E-state index in [0.717, 1.165) is 0 Å². The molecule has 0 spiro atoms. The Kier molecular flexibility index (Phi) is 4.62. The lowest BCUT2D eigenvalue weighted by molar-refractivity contribution is -0.384. The smallest absolute Gasteiger partial charge is 0.273 e. The predicted octanol–water partition coefficient (Wildman–Crippen LogP) is 3.51. The van der Waals surface area contributed by atoms with Gasteiger partial charge in [-0.25, -0.2) is 0 Å². The van der Waals surface area contributed by atoms with Crippen LogP contribution in [-0.4, -0.2) is 12.0 Å². The highest BCUT2D eigenvalue weighted by molar-refractivity contribution is 6.31. The summed E-state index contributed by atoms with van der Waals surface area (Å²) in [5.74, 6) is 1.04. The molecule has 0 heterocycles. The van der Waals surface area contributed by atoms with E-state index in [0.29, 0.717) is 22.1 Å². The molecule has 0 atom stereocenters. The van der Waals surface area contributed by atoms with Crippen LogP contribution in [0, 0.1) is 10.1 Å². The minimum Gasteiger partial charge on any atom is -0.493 e. The van der Waals surface area contributed by atoms with Gasteiger partial charge >= 0.3 is 0 Å². The Morgan fingerprint density at radius 3 is 2.62 bits per heavy atom. The van der Waals surface area contributed by atoms with Gasteiger partial charge in [0, 0.05) is 23.2 Å². The standard InChI is InChI=1S/C14H13ClN2O4/c1-20-13-6-5-9(17(18)19)7-14(13)21-12-4-2-3-11(15)10(12)8-16/h2-7H,8,16H2,1H3. The lowest BCUT2D eigenvalue weighted by Crippen LogP contribution is -2.01. The van der Waals surface area contributed by atoms with Crippen LogP contribution in [0.2, 0.25) is 5.02 Å². The summed E-state index contributed by atoms with van der Waals surface area (Å²) in [6, 6.07) is 9.20. The molecule has 0 aromatic heterocycles. The van der Waals surface area contributed by atoms with E-state index in [1.807, 2.05) is 0 Å². The Balaban J connectivity index is 2.45. The first-order valence-corrected chi connectivity index (χ1v) is 6.42. The van der Waals surface area contributed by atoms with Gasteiger partial charge in [-0.05, 0) is 18.2 Å². The zero-order valence-electron chi connectivity index (χ0n) is 11.2. The van der Waals surface area contributed by atoms with E-state index in [4.69, 9.17) is 26.8 Å². The number of nitro benzene ring substituents is 1. The Bertz CT molecular complexity index is 676. The second kappa shape index (κ2) is 6.43. The summed E-state index contributed by atoms with van der Waals surface area (Å²) in [7, 11) is 1.45. The average molecular weight is 309 g/mol. The average Bonchev–Trinajstić information content (AvgIpc) is 2.47.